The number of hydrogen-bond acceptors (Lipinski definition) is 3. The number of amides is 1. The molecule has 0 aliphatic rings. The molecule has 180 valence electrons. The molecule has 4 rings (SSSR count). The Hall–Kier alpha value is -4.00. The Morgan fingerprint density at radius 3 is 2.51 bits per heavy atom. The molecule has 1 atom stereocenters. The zero-order valence-corrected chi connectivity index (χ0v) is 19.8. The monoisotopic (exact) mass is 473 g/mol. The van der Waals surface area contributed by atoms with E-state index in [0.29, 0.717) is 30.0 Å². The molecule has 1 amide bonds. The Bertz CT molecular complexity index is 1350. The number of hydrogen-bond donors (Lipinski definition) is 1. The number of halogens is 1. The van der Waals surface area contributed by atoms with E-state index in [-0.39, 0.29) is 18.0 Å². The van der Waals surface area contributed by atoms with Gasteiger partial charge in [-0.3, -0.25) is 14.9 Å². The van der Waals surface area contributed by atoms with Gasteiger partial charge in [0.25, 0.3) is 5.69 Å². The summed E-state index contributed by atoms with van der Waals surface area (Å²) in [6.07, 6.45) is 2.04. The van der Waals surface area contributed by atoms with Gasteiger partial charge in [0.05, 0.1) is 4.92 Å². The summed E-state index contributed by atoms with van der Waals surface area (Å²) in [7, 11) is 0. The number of benzene rings is 3. The molecule has 3 aromatic carbocycles. The van der Waals surface area contributed by atoms with E-state index in [9.17, 15) is 19.3 Å². The summed E-state index contributed by atoms with van der Waals surface area (Å²) in [5, 5.41) is 15.2. The van der Waals surface area contributed by atoms with E-state index in [1.54, 1.807) is 24.3 Å². The molecule has 0 unspecified atom stereocenters. The number of fused-ring (bicyclic) bond motifs is 1. The Balaban J connectivity index is 1.84. The van der Waals surface area contributed by atoms with Crippen LogP contribution in [0.1, 0.15) is 42.9 Å². The number of non-ortho nitro benzene ring substituents is 1. The maximum absolute atomic E-state index is 14.2. The number of nitrogens with one attached hydrogen (secondary N) is 1. The lowest BCUT2D eigenvalue weighted by Gasteiger charge is -2.18. The fourth-order valence-corrected chi connectivity index (χ4v) is 4.32. The largest absolute Gasteiger partial charge is 0.356 e. The zero-order chi connectivity index (χ0) is 24.9. The van der Waals surface area contributed by atoms with Crippen LogP contribution < -0.4 is 5.32 Å². The SMILES string of the molecule is CC(C)CNC(=O)C[C@@H](c1cccc(F)c1)c1cn(Cc2ccccc2)c2ccc([N+](=O)[O-])cc12. The Morgan fingerprint density at radius 2 is 1.83 bits per heavy atom. The Morgan fingerprint density at radius 1 is 1.06 bits per heavy atom. The van der Waals surface area contributed by atoms with E-state index in [1.807, 2.05) is 54.9 Å². The van der Waals surface area contributed by atoms with Crippen LogP contribution in [0, 0.1) is 21.8 Å². The minimum absolute atomic E-state index is 0.0292. The summed E-state index contributed by atoms with van der Waals surface area (Å²) in [5.74, 6) is -0.724. The first-order valence-corrected chi connectivity index (χ1v) is 11.6. The van der Waals surface area contributed by atoms with Gasteiger partial charge in [0, 0.05) is 54.7 Å². The number of nitro groups is 1. The summed E-state index contributed by atoms with van der Waals surface area (Å²) < 4.78 is 16.2. The second kappa shape index (κ2) is 10.5. The third kappa shape index (κ3) is 5.74. The zero-order valence-electron chi connectivity index (χ0n) is 19.8. The van der Waals surface area contributed by atoms with Crippen LogP contribution in [0.2, 0.25) is 0 Å². The highest BCUT2D eigenvalue weighted by Crippen LogP contribution is 2.37. The lowest BCUT2D eigenvalue weighted by atomic mass is 9.87. The van der Waals surface area contributed by atoms with Crippen LogP contribution >= 0.6 is 0 Å². The predicted molar refractivity (Wildman–Crippen MR) is 135 cm³/mol. The molecule has 0 radical (unpaired) electrons. The number of aromatic nitrogens is 1. The van der Waals surface area contributed by atoms with Crippen LogP contribution in [0.3, 0.4) is 0 Å². The molecule has 0 spiro atoms. The molecule has 0 saturated carbocycles. The maximum atomic E-state index is 14.2. The van der Waals surface area contributed by atoms with Gasteiger partial charge in [-0.1, -0.05) is 56.3 Å². The van der Waals surface area contributed by atoms with Gasteiger partial charge in [-0.25, -0.2) is 4.39 Å². The molecular weight excluding hydrogens is 445 g/mol. The van der Waals surface area contributed by atoms with Gasteiger partial charge in [-0.05, 0) is 40.8 Å². The van der Waals surface area contributed by atoms with Crippen molar-refractivity contribution in [2.75, 3.05) is 6.54 Å². The fraction of sp³-hybridized carbons (Fsp3) is 0.250. The molecule has 0 aliphatic carbocycles. The average molecular weight is 474 g/mol. The molecule has 1 aromatic heterocycles. The van der Waals surface area contributed by atoms with E-state index in [4.69, 9.17) is 0 Å². The number of nitro benzene ring substituents is 1. The molecule has 1 heterocycles. The minimum atomic E-state index is -0.473. The van der Waals surface area contributed by atoms with Gasteiger partial charge in [-0.2, -0.15) is 0 Å². The van der Waals surface area contributed by atoms with Crippen LogP contribution in [-0.2, 0) is 11.3 Å². The molecule has 4 aromatic rings. The van der Waals surface area contributed by atoms with Crippen molar-refractivity contribution in [1.29, 1.82) is 0 Å². The first kappa shape index (κ1) is 24.1. The maximum Gasteiger partial charge on any atom is 0.270 e. The number of nitrogens with zero attached hydrogens (tertiary/aromatic N) is 2. The van der Waals surface area contributed by atoms with Crippen molar-refractivity contribution in [3.63, 3.8) is 0 Å². The van der Waals surface area contributed by atoms with Crippen LogP contribution in [-0.4, -0.2) is 21.9 Å². The topological polar surface area (TPSA) is 77.2 Å². The normalized spacial score (nSPS) is 12.1. The summed E-state index contributed by atoms with van der Waals surface area (Å²) in [6, 6.07) is 20.9. The highest BCUT2D eigenvalue weighted by atomic mass is 19.1. The standard InChI is InChI=1S/C28H28FN3O3/c1-19(2)16-30-28(33)15-24(21-9-6-10-22(29)13-21)26-18-31(17-20-7-4-3-5-8-20)27-12-11-23(32(34)35)14-25(26)27/h3-14,18-19,24H,15-17H2,1-2H3,(H,30,33)/t24-/m0/s1. The van der Waals surface area contributed by atoms with Crippen molar-refractivity contribution in [3.05, 3.63) is 112 Å². The van der Waals surface area contributed by atoms with E-state index in [1.165, 1.54) is 18.2 Å². The van der Waals surface area contributed by atoms with Crippen LogP contribution in [0.5, 0.6) is 0 Å². The van der Waals surface area contributed by atoms with E-state index >= 15 is 0 Å². The summed E-state index contributed by atoms with van der Waals surface area (Å²) >= 11 is 0. The van der Waals surface area contributed by atoms with E-state index in [0.717, 1.165) is 16.6 Å². The number of carbonyl (C=O) groups excluding carboxylic acids is 1. The smallest absolute Gasteiger partial charge is 0.270 e. The van der Waals surface area contributed by atoms with Crippen molar-refractivity contribution in [2.45, 2.75) is 32.7 Å². The molecule has 0 aliphatic heterocycles. The van der Waals surface area contributed by atoms with Crippen molar-refractivity contribution < 1.29 is 14.1 Å². The second-order valence-corrected chi connectivity index (χ2v) is 9.17. The molecule has 1 N–H and O–H groups in total. The predicted octanol–water partition coefficient (Wildman–Crippen LogP) is 6.03. The van der Waals surface area contributed by atoms with Crippen molar-refractivity contribution in [1.82, 2.24) is 9.88 Å². The Kier molecular flexibility index (Phi) is 7.25. The second-order valence-electron chi connectivity index (χ2n) is 9.17. The van der Waals surface area contributed by atoms with Crippen molar-refractivity contribution in [3.8, 4) is 0 Å². The number of carbonyl (C=O) groups is 1. The molecule has 6 nitrogen and oxygen atoms in total. The van der Waals surface area contributed by atoms with Gasteiger partial charge in [0.2, 0.25) is 5.91 Å². The Labute approximate surface area is 203 Å². The van der Waals surface area contributed by atoms with Gasteiger partial charge < -0.3 is 9.88 Å². The quantitative estimate of drug-likeness (QED) is 0.238. The van der Waals surface area contributed by atoms with Crippen molar-refractivity contribution >= 4 is 22.5 Å². The van der Waals surface area contributed by atoms with Gasteiger partial charge in [-0.15, -0.1) is 0 Å². The lowest BCUT2D eigenvalue weighted by molar-refractivity contribution is -0.384. The highest BCUT2D eigenvalue weighted by molar-refractivity contribution is 5.88. The molecule has 7 heteroatoms. The van der Waals surface area contributed by atoms with Crippen LogP contribution in [0.4, 0.5) is 10.1 Å². The summed E-state index contributed by atoms with van der Waals surface area (Å²) in [5.41, 5.74) is 3.27. The third-order valence-corrected chi connectivity index (χ3v) is 6.03. The molecule has 0 saturated heterocycles. The number of rotatable bonds is 9. The van der Waals surface area contributed by atoms with Gasteiger partial charge >= 0.3 is 0 Å². The first-order chi connectivity index (χ1) is 16.8. The first-order valence-electron chi connectivity index (χ1n) is 11.6. The van der Waals surface area contributed by atoms with Crippen LogP contribution in [0.25, 0.3) is 10.9 Å². The van der Waals surface area contributed by atoms with Crippen LogP contribution in [0.15, 0.2) is 79.0 Å². The summed E-state index contributed by atoms with van der Waals surface area (Å²) in [4.78, 5) is 24.0. The molecule has 0 bridgehead atoms. The molecule has 35 heavy (non-hydrogen) atoms. The van der Waals surface area contributed by atoms with E-state index < -0.39 is 16.7 Å². The fourth-order valence-electron chi connectivity index (χ4n) is 4.32. The minimum Gasteiger partial charge on any atom is -0.356 e. The van der Waals surface area contributed by atoms with Gasteiger partial charge in [0.1, 0.15) is 5.82 Å². The van der Waals surface area contributed by atoms with Gasteiger partial charge in [0.15, 0.2) is 0 Å². The van der Waals surface area contributed by atoms with Crippen molar-refractivity contribution in [2.24, 2.45) is 5.92 Å². The highest BCUT2D eigenvalue weighted by Gasteiger charge is 2.25. The third-order valence-electron chi connectivity index (χ3n) is 6.03. The lowest BCUT2D eigenvalue weighted by Crippen LogP contribution is -2.28. The molecular formula is C28H28FN3O3. The average Bonchev–Trinajstić information content (AvgIpc) is 3.19. The summed E-state index contributed by atoms with van der Waals surface area (Å²) in [6.45, 7) is 5.13. The van der Waals surface area contributed by atoms with E-state index in [2.05, 4.69) is 5.32 Å². The molecule has 0 fully saturated rings.